The maximum Gasteiger partial charge on any atom is 0.322 e. The van der Waals surface area contributed by atoms with E-state index in [4.69, 9.17) is 11.6 Å². The third-order valence-corrected chi connectivity index (χ3v) is 6.37. The van der Waals surface area contributed by atoms with E-state index in [1.807, 2.05) is 29.6 Å². The van der Waals surface area contributed by atoms with Crippen LogP contribution in [0.25, 0.3) is 10.2 Å². The second kappa shape index (κ2) is 7.84. The number of thiophene rings is 1. The van der Waals surface area contributed by atoms with Crippen LogP contribution in [0.3, 0.4) is 0 Å². The number of thiazole rings is 1. The average Bonchev–Trinajstić information content (AvgIpc) is 3.30. The van der Waals surface area contributed by atoms with Crippen LogP contribution in [0.5, 0.6) is 0 Å². The van der Waals surface area contributed by atoms with Crippen LogP contribution in [0.1, 0.15) is 12.8 Å². The number of rotatable bonds is 3. The Kier molecular flexibility index (Phi) is 5.29. The van der Waals surface area contributed by atoms with Gasteiger partial charge in [0, 0.05) is 18.1 Å². The van der Waals surface area contributed by atoms with Gasteiger partial charge >= 0.3 is 6.03 Å². The van der Waals surface area contributed by atoms with Gasteiger partial charge in [0.05, 0.1) is 21.1 Å². The van der Waals surface area contributed by atoms with Gasteiger partial charge in [-0.3, -0.25) is 10.1 Å². The van der Waals surface area contributed by atoms with Crippen molar-refractivity contribution in [2.45, 2.75) is 12.8 Å². The molecule has 1 aliphatic rings. The molecule has 1 aromatic carbocycles. The fourth-order valence-electron chi connectivity index (χ4n) is 3.07. The minimum absolute atomic E-state index is 0.103. The third-order valence-electron chi connectivity index (χ3n) is 4.41. The molecule has 1 unspecified atom stereocenters. The normalized spacial score (nSPS) is 17.1. The van der Waals surface area contributed by atoms with E-state index in [-0.39, 0.29) is 17.9 Å². The molecule has 1 fully saturated rings. The molecule has 0 radical (unpaired) electrons. The molecule has 140 valence electrons. The van der Waals surface area contributed by atoms with E-state index >= 15 is 0 Å². The summed E-state index contributed by atoms with van der Waals surface area (Å²) in [5.41, 5.74) is 0.806. The van der Waals surface area contributed by atoms with Gasteiger partial charge in [-0.25, -0.2) is 9.78 Å². The Balaban J connectivity index is 1.39. The molecule has 6 nitrogen and oxygen atoms in total. The molecule has 3 heterocycles. The Labute approximate surface area is 169 Å². The number of carbonyl (C=O) groups excluding carboxylic acids is 2. The molecule has 2 aromatic heterocycles. The molecule has 0 bridgehead atoms. The summed E-state index contributed by atoms with van der Waals surface area (Å²) in [6, 6.07) is 9.03. The molecule has 2 N–H and O–H groups in total. The van der Waals surface area contributed by atoms with Crippen molar-refractivity contribution in [1.29, 1.82) is 0 Å². The van der Waals surface area contributed by atoms with Crippen LogP contribution in [-0.4, -0.2) is 34.9 Å². The molecule has 3 aromatic rings. The first-order chi connectivity index (χ1) is 13.1. The van der Waals surface area contributed by atoms with Crippen LogP contribution in [0.2, 0.25) is 5.02 Å². The Morgan fingerprint density at radius 3 is 2.96 bits per heavy atom. The van der Waals surface area contributed by atoms with Gasteiger partial charge < -0.3 is 10.2 Å². The lowest BCUT2D eigenvalue weighted by molar-refractivity contribution is -0.121. The number of hydrogen-bond donors (Lipinski definition) is 2. The minimum atomic E-state index is -0.247. The summed E-state index contributed by atoms with van der Waals surface area (Å²) >= 11 is 8.87. The summed E-state index contributed by atoms with van der Waals surface area (Å²) in [5, 5.41) is 9.68. The second-order valence-electron chi connectivity index (χ2n) is 6.31. The van der Waals surface area contributed by atoms with Gasteiger partial charge in [-0.1, -0.05) is 22.9 Å². The minimum Gasteiger partial charge on any atom is -0.324 e. The summed E-state index contributed by atoms with van der Waals surface area (Å²) in [5.74, 6) is -0.350. The first-order valence-corrected chi connectivity index (χ1v) is 10.6. The van der Waals surface area contributed by atoms with E-state index in [2.05, 4.69) is 15.6 Å². The van der Waals surface area contributed by atoms with E-state index < -0.39 is 0 Å². The highest BCUT2D eigenvalue weighted by Gasteiger charge is 2.29. The molecule has 0 spiro atoms. The summed E-state index contributed by atoms with van der Waals surface area (Å²) in [7, 11) is 0. The maximum absolute atomic E-state index is 12.7. The lowest BCUT2D eigenvalue weighted by Crippen LogP contribution is -2.45. The van der Waals surface area contributed by atoms with Crippen LogP contribution >= 0.6 is 34.3 Å². The Morgan fingerprint density at radius 2 is 2.15 bits per heavy atom. The molecule has 9 heteroatoms. The highest BCUT2D eigenvalue weighted by Crippen LogP contribution is 2.29. The van der Waals surface area contributed by atoms with Crippen LogP contribution in [-0.2, 0) is 4.79 Å². The zero-order valence-corrected chi connectivity index (χ0v) is 16.7. The highest BCUT2D eigenvalue weighted by molar-refractivity contribution is 7.22. The molecular weight excluding hydrogens is 404 g/mol. The predicted octanol–water partition coefficient (Wildman–Crippen LogP) is 4.89. The average molecular weight is 421 g/mol. The SMILES string of the molecule is O=C(Nc1nc2ccc(Cl)cc2s1)C1CCCN(C(=O)Nc2cccs2)C1. The van der Waals surface area contributed by atoms with E-state index in [1.54, 1.807) is 11.0 Å². The van der Waals surface area contributed by atoms with Crippen molar-refractivity contribution >= 4 is 66.6 Å². The number of likely N-dealkylation sites (tertiary alicyclic amines) is 1. The number of piperidine rings is 1. The molecule has 0 saturated carbocycles. The number of halogens is 1. The Morgan fingerprint density at radius 1 is 1.26 bits per heavy atom. The number of anilines is 2. The van der Waals surface area contributed by atoms with Gasteiger partial charge in [-0.2, -0.15) is 0 Å². The number of benzene rings is 1. The van der Waals surface area contributed by atoms with E-state index in [0.29, 0.717) is 23.2 Å². The van der Waals surface area contributed by atoms with Crippen molar-refractivity contribution in [2.75, 3.05) is 23.7 Å². The predicted molar refractivity (Wildman–Crippen MR) is 111 cm³/mol. The van der Waals surface area contributed by atoms with Gasteiger partial charge in [0.25, 0.3) is 0 Å². The van der Waals surface area contributed by atoms with Gasteiger partial charge in [-0.15, -0.1) is 11.3 Å². The molecule has 0 aliphatic carbocycles. The summed E-state index contributed by atoms with van der Waals surface area (Å²) < 4.78 is 0.929. The number of nitrogens with one attached hydrogen (secondary N) is 2. The van der Waals surface area contributed by atoms with Crippen molar-refractivity contribution in [2.24, 2.45) is 5.92 Å². The van der Waals surface area contributed by atoms with E-state index in [0.717, 1.165) is 28.1 Å². The molecular formula is C18H17ClN4O2S2. The number of carbonyl (C=O) groups is 2. The standard InChI is InChI=1S/C18H17ClN4O2S2/c19-12-5-6-13-14(9-12)27-17(20-13)22-16(24)11-3-1-7-23(10-11)18(25)21-15-4-2-8-26-15/h2,4-6,8-9,11H,1,3,7,10H2,(H,21,25)(H,20,22,24). The molecule has 1 saturated heterocycles. The number of amides is 3. The first-order valence-electron chi connectivity index (χ1n) is 8.55. The topological polar surface area (TPSA) is 74.3 Å². The van der Waals surface area contributed by atoms with Crippen molar-refractivity contribution in [1.82, 2.24) is 9.88 Å². The zero-order valence-electron chi connectivity index (χ0n) is 14.3. The van der Waals surface area contributed by atoms with Crippen molar-refractivity contribution in [3.8, 4) is 0 Å². The number of urea groups is 1. The van der Waals surface area contributed by atoms with Crippen LogP contribution < -0.4 is 10.6 Å². The number of aromatic nitrogens is 1. The fraction of sp³-hybridized carbons (Fsp3) is 0.278. The van der Waals surface area contributed by atoms with Crippen molar-refractivity contribution < 1.29 is 9.59 Å². The maximum atomic E-state index is 12.7. The van der Waals surface area contributed by atoms with Gasteiger partial charge in [0.15, 0.2) is 5.13 Å². The van der Waals surface area contributed by atoms with E-state index in [9.17, 15) is 9.59 Å². The summed E-state index contributed by atoms with van der Waals surface area (Å²) in [6.07, 6.45) is 1.55. The van der Waals surface area contributed by atoms with E-state index in [1.165, 1.54) is 22.7 Å². The lowest BCUT2D eigenvalue weighted by atomic mass is 9.97. The smallest absolute Gasteiger partial charge is 0.322 e. The highest BCUT2D eigenvalue weighted by atomic mass is 35.5. The summed E-state index contributed by atoms with van der Waals surface area (Å²) in [4.78, 5) is 31.2. The van der Waals surface area contributed by atoms with Crippen LogP contribution in [0.4, 0.5) is 14.9 Å². The van der Waals surface area contributed by atoms with Crippen LogP contribution in [0, 0.1) is 5.92 Å². The molecule has 4 rings (SSSR count). The van der Waals surface area contributed by atoms with Gasteiger partial charge in [0.1, 0.15) is 0 Å². The van der Waals surface area contributed by atoms with Gasteiger partial charge in [-0.05, 0) is 48.6 Å². The lowest BCUT2D eigenvalue weighted by Gasteiger charge is -2.31. The monoisotopic (exact) mass is 420 g/mol. The second-order valence-corrected chi connectivity index (χ2v) is 8.73. The number of hydrogen-bond acceptors (Lipinski definition) is 5. The molecule has 27 heavy (non-hydrogen) atoms. The Bertz CT molecular complexity index is 973. The number of nitrogens with zero attached hydrogens (tertiary/aromatic N) is 2. The fourth-order valence-corrected chi connectivity index (χ4v) is 4.82. The zero-order chi connectivity index (χ0) is 18.8. The largest absolute Gasteiger partial charge is 0.324 e. The molecule has 3 amide bonds. The molecule has 1 aliphatic heterocycles. The van der Waals surface area contributed by atoms with Gasteiger partial charge in [0.2, 0.25) is 5.91 Å². The van der Waals surface area contributed by atoms with Crippen molar-refractivity contribution in [3.63, 3.8) is 0 Å². The van der Waals surface area contributed by atoms with Crippen molar-refractivity contribution in [3.05, 3.63) is 40.7 Å². The molecule has 1 atom stereocenters. The first kappa shape index (κ1) is 18.2. The van der Waals surface area contributed by atoms with Crippen LogP contribution in [0.15, 0.2) is 35.7 Å². The number of fused-ring (bicyclic) bond motifs is 1. The third kappa shape index (κ3) is 4.23. The quantitative estimate of drug-likeness (QED) is 0.633. The summed E-state index contributed by atoms with van der Waals surface area (Å²) in [6.45, 7) is 1.06. The Hall–Kier alpha value is -2.16.